The molecule has 0 radical (unpaired) electrons. The highest BCUT2D eigenvalue weighted by Crippen LogP contribution is 2.28. The molecule has 1 fully saturated rings. The van der Waals surface area contributed by atoms with E-state index in [9.17, 15) is 4.79 Å². The number of rotatable bonds is 4. The van der Waals surface area contributed by atoms with Crippen LogP contribution >= 0.6 is 15.9 Å². The number of carbonyl (C=O) groups excluding carboxylic acids is 1. The van der Waals surface area contributed by atoms with Crippen LogP contribution < -0.4 is 5.32 Å². The summed E-state index contributed by atoms with van der Waals surface area (Å²) in [5.74, 6) is 0.0619. The largest absolute Gasteiger partial charge is 0.378 e. The van der Waals surface area contributed by atoms with Crippen molar-refractivity contribution in [3.63, 3.8) is 0 Å². The Morgan fingerprint density at radius 3 is 2.85 bits per heavy atom. The zero-order valence-corrected chi connectivity index (χ0v) is 13.8. The normalized spacial score (nSPS) is 18.9. The first kappa shape index (κ1) is 15.5. The van der Waals surface area contributed by atoms with Crippen molar-refractivity contribution in [2.24, 2.45) is 0 Å². The molecular weight excluding hydrogens is 318 g/mol. The molecule has 1 atom stereocenters. The number of amides is 1. The molecule has 4 heteroatoms. The first-order valence-corrected chi connectivity index (χ1v) is 8.04. The minimum atomic E-state index is 0.0619. The summed E-state index contributed by atoms with van der Waals surface area (Å²) in [7, 11) is 0. The van der Waals surface area contributed by atoms with Crippen molar-refractivity contribution in [2.45, 2.75) is 52.1 Å². The highest BCUT2D eigenvalue weighted by molar-refractivity contribution is 9.10. The van der Waals surface area contributed by atoms with Crippen molar-refractivity contribution in [3.8, 4) is 0 Å². The van der Waals surface area contributed by atoms with Gasteiger partial charge in [-0.3, -0.25) is 4.79 Å². The van der Waals surface area contributed by atoms with Crippen LogP contribution in [0.15, 0.2) is 16.6 Å². The van der Waals surface area contributed by atoms with Gasteiger partial charge >= 0.3 is 0 Å². The van der Waals surface area contributed by atoms with E-state index < -0.39 is 0 Å². The standard InChI is InChI=1S/C16H22BrNO2/c1-11-9-12(2)16(14(17)10-11)18-15(19)7-6-13-5-3-4-8-20-13/h9-10,13H,3-8H2,1-2H3,(H,18,19). The van der Waals surface area contributed by atoms with Crippen molar-refractivity contribution in [2.75, 3.05) is 11.9 Å². The summed E-state index contributed by atoms with van der Waals surface area (Å²) in [6.45, 7) is 4.90. The lowest BCUT2D eigenvalue weighted by molar-refractivity contribution is -0.117. The van der Waals surface area contributed by atoms with Crippen LogP contribution in [0, 0.1) is 13.8 Å². The summed E-state index contributed by atoms with van der Waals surface area (Å²) >= 11 is 3.51. The van der Waals surface area contributed by atoms with E-state index >= 15 is 0 Å². The van der Waals surface area contributed by atoms with E-state index in [1.807, 2.05) is 19.9 Å². The van der Waals surface area contributed by atoms with Gasteiger partial charge in [-0.25, -0.2) is 0 Å². The van der Waals surface area contributed by atoms with Gasteiger partial charge in [0, 0.05) is 17.5 Å². The van der Waals surface area contributed by atoms with E-state index in [0.717, 1.165) is 41.6 Å². The monoisotopic (exact) mass is 339 g/mol. The van der Waals surface area contributed by atoms with Crippen LogP contribution in [0.5, 0.6) is 0 Å². The molecule has 110 valence electrons. The number of anilines is 1. The molecule has 0 spiro atoms. The fourth-order valence-corrected chi connectivity index (χ4v) is 3.38. The second kappa shape index (κ2) is 7.23. The third-order valence-corrected chi connectivity index (χ3v) is 4.29. The summed E-state index contributed by atoms with van der Waals surface area (Å²) in [6, 6.07) is 4.09. The molecule has 1 aromatic carbocycles. The van der Waals surface area contributed by atoms with Crippen LogP contribution in [-0.2, 0) is 9.53 Å². The topological polar surface area (TPSA) is 38.3 Å². The van der Waals surface area contributed by atoms with Gasteiger partial charge in [-0.1, -0.05) is 6.07 Å². The zero-order valence-electron chi connectivity index (χ0n) is 12.2. The Bertz CT molecular complexity index is 458. The third kappa shape index (κ3) is 4.32. The van der Waals surface area contributed by atoms with Gasteiger partial charge in [0.2, 0.25) is 5.91 Å². The predicted molar refractivity (Wildman–Crippen MR) is 85.1 cm³/mol. The van der Waals surface area contributed by atoms with E-state index in [1.165, 1.54) is 12.0 Å². The van der Waals surface area contributed by atoms with E-state index in [2.05, 4.69) is 27.3 Å². The third-order valence-electron chi connectivity index (χ3n) is 3.66. The van der Waals surface area contributed by atoms with Crippen molar-refractivity contribution in [1.29, 1.82) is 0 Å². The molecule has 0 bridgehead atoms. The van der Waals surface area contributed by atoms with Gasteiger partial charge in [0.15, 0.2) is 0 Å². The molecule has 20 heavy (non-hydrogen) atoms. The smallest absolute Gasteiger partial charge is 0.224 e. The molecule has 1 aliphatic heterocycles. The SMILES string of the molecule is Cc1cc(C)c(NC(=O)CCC2CCCCO2)c(Br)c1. The van der Waals surface area contributed by atoms with Gasteiger partial charge in [0.25, 0.3) is 0 Å². The summed E-state index contributed by atoms with van der Waals surface area (Å²) in [4.78, 5) is 12.1. The van der Waals surface area contributed by atoms with Crippen LogP contribution in [0.4, 0.5) is 5.69 Å². The second-order valence-electron chi connectivity index (χ2n) is 5.51. The molecule has 1 saturated heterocycles. The van der Waals surface area contributed by atoms with Crippen molar-refractivity contribution >= 4 is 27.5 Å². The van der Waals surface area contributed by atoms with E-state index in [-0.39, 0.29) is 12.0 Å². The Balaban J connectivity index is 1.88. The predicted octanol–water partition coefficient (Wildman–Crippen LogP) is 4.35. The van der Waals surface area contributed by atoms with E-state index in [1.54, 1.807) is 0 Å². The van der Waals surface area contributed by atoms with Crippen LogP contribution in [0.2, 0.25) is 0 Å². The molecule has 3 nitrogen and oxygen atoms in total. The minimum absolute atomic E-state index is 0.0619. The number of benzene rings is 1. The Labute approximate surface area is 129 Å². The van der Waals surface area contributed by atoms with Crippen molar-refractivity contribution in [3.05, 3.63) is 27.7 Å². The lowest BCUT2D eigenvalue weighted by Crippen LogP contribution is -2.22. The van der Waals surface area contributed by atoms with Crippen LogP contribution in [0.1, 0.15) is 43.2 Å². The maximum atomic E-state index is 12.1. The van der Waals surface area contributed by atoms with E-state index in [4.69, 9.17) is 4.74 Å². The molecule has 0 saturated carbocycles. The average molecular weight is 340 g/mol. The minimum Gasteiger partial charge on any atom is -0.378 e. The van der Waals surface area contributed by atoms with Crippen LogP contribution in [0.3, 0.4) is 0 Å². The Kier molecular flexibility index (Phi) is 5.61. The number of halogens is 1. The maximum Gasteiger partial charge on any atom is 0.224 e. The molecule has 1 unspecified atom stereocenters. The van der Waals surface area contributed by atoms with Crippen molar-refractivity contribution in [1.82, 2.24) is 0 Å². The molecule has 2 rings (SSSR count). The molecular formula is C16H22BrNO2. The number of nitrogens with one attached hydrogen (secondary N) is 1. The molecule has 1 amide bonds. The van der Waals surface area contributed by atoms with Gasteiger partial charge in [0.1, 0.15) is 0 Å². The Hall–Kier alpha value is -0.870. The van der Waals surface area contributed by atoms with Crippen LogP contribution in [0.25, 0.3) is 0 Å². The maximum absolute atomic E-state index is 12.1. The first-order valence-electron chi connectivity index (χ1n) is 7.24. The quantitative estimate of drug-likeness (QED) is 0.885. The summed E-state index contributed by atoms with van der Waals surface area (Å²) in [5.41, 5.74) is 3.15. The van der Waals surface area contributed by atoms with Gasteiger partial charge in [0.05, 0.1) is 11.8 Å². The number of hydrogen-bond donors (Lipinski definition) is 1. The molecule has 1 aromatic rings. The van der Waals surface area contributed by atoms with Crippen LogP contribution in [-0.4, -0.2) is 18.6 Å². The number of aryl methyl sites for hydroxylation is 2. The summed E-state index contributed by atoms with van der Waals surface area (Å²) in [5, 5.41) is 3.00. The van der Waals surface area contributed by atoms with E-state index in [0.29, 0.717) is 6.42 Å². The molecule has 1 heterocycles. The Morgan fingerprint density at radius 1 is 1.40 bits per heavy atom. The fraction of sp³-hybridized carbons (Fsp3) is 0.562. The molecule has 1 N–H and O–H groups in total. The number of ether oxygens (including phenoxy) is 1. The van der Waals surface area contributed by atoms with Crippen molar-refractivity contribution < 1.29 is 9.53 Å². The fourth-order valence-electron chi connectivity index (χ4n) is 2.60. The first-order chi connectivity index (χ1) is 9.56. The highest BCUT2D eigenvalue weighted by Gasteiger charge is 2.16. The lowest BCUT2D eigenvalue weighted by Gasteiger charge is -2.22. The zero-order chi connectivity index (χ0) is 14.5. The second-order valence-corrected chi connectivity index (χ2v) is 6.37. The van der Waals surface area contributed by atoms with Gasteiger partial charge in [-0.2, -0.15) is 0 Å². The van der Waals surface area contributed by atoms with Gasteiger partial charge < -0.3 is 10.1 Å². The highest BCUT2D eigenvalue weighted by atomic mass is 79.9. The molecule has 0 aromatic heterocycles. The molecule has 1 aliphatic rings. The number of carbonyl (C=O) groups is 1. The average Bonchev–Trinajstić information content (AvgIpc) is 2.42. The summed E-state index contributed by atoms with van der Waals surface area (Å²) < 4.78 is 6.59. The lowest BCUT2D eigenvalue weighted by atomic mass is 10.0. The molecule has 0 aliphatic carbocycles. The Morgan fingerprint density at radius 2 is 2.20 bits per heavy atom. The summed E-state index contributed by atoms with van der Waals surface area (Å²) in [6.07, 6.45) is 5.05. The van der Waals surface area contributed by atoms with Gasteiger partial charge in [-0.15, -0.1) is 0 Å². The number of hydrogen-bond acceptors (Lipinski definition) is 2. The van der Waals surface area contributed by atoms with Gasteiger partial charge in [-0.05, 0) is 72.7 Å².